The van der Waals surface area contributed by atoms with Crippen LogP contribution < -0.4 is 4.74 Å². The molecule has 0 bridgehead atoms. The number of ether oxygens (including phenoxy) is 1. The fourth-order valence-corrected chi connectivity index (χ4v) is 7.23. The summed E-state index contributed by atoms with van der Waals surface area (Å²) >= 11 is 0. The molecule has 1 aromatic carbocycles. The van der Waals surface area contributed by atoms with Crippen LogP contribution in [0, 0.1) is 47.1 Å². The van der Waals surface area contributed by atoms with E-state index in [9.17, 15) is 26.3 Å². The zero-order chi connectivity index (χ0) is 26.8. The lowest BCUT2D eigenvalue weighted by Gasteiger charge is -2.41. The third kappa shape index (κ3) is 10.0. The second-order valence-electron chi connectivity index (χ2n) is 11.6. The minimum absolute atomic E-state index is 0.0963. The van der Waals surface area contributed by atoms with Gasteiger partial charge in [0, 0.05) is 6.07 Å². The molecule has 3 aliphatic rings. The van der Waals surface area contributed by atoms with Gasteiger partial charge in [0.25, 0.3) is 0 Å². The Morgan fingerprint density at radius 1 is 0.703 bits per heavy atom. The Labute approximate surface area is 218 Å². The summed E-state index contributed by atoms with van der Waals surface area (Å²) in [6, 6.07) is 1.55. The molecule has 3 fully saturated rings. The first-order chi connectivity index (χ1) is 17.7. The lowest BCUT2D eigenvalue weighted by atomic mass is 9.65. The van der Waals surface area contributed by atoms with Crippen LogP contribution in [0.4, 0.5) is 26.3 Å². The predicted octanol–water partition coefficient (Wildman–Crippen LogP) is 10.4. The Hall–Kier alpha value is -1.40. The van der Waals surface area contributed by atoms with E-state index in [1.807, 2.05) is 0 Å². The second-order valence-corrected chi connectivity index (χ2v) is 11.6. The molecule has 0 aliphatic heterocycles. The van der Waals surface area contributed by atoms with Gasteiger partial charge in [0.1, 0.15) is 5.82 Å². The van der Waals surface area contributed by atoms with Crippen LogP contribution in [-0.4, -0.2) is 13.0 Å². The molecule has 37 heavy (non-hydrogen) atoms. The molecule has 4 rings (SSSR count). The molecule has 0 heterocycles. The molecule has 1 aromatic rings. The average molecular weight is 535 g/mol. The maximum Gasteiger partial charge on any atom is 0.573 e. The summed E-state index contributed by atoms with van der Waals surface area (Å²) in [5.41, 5.74) is 0. The highest BCUT2D eigenvalue weighted by atomic mass is 19.4. The van der Waals surface area contributed by atoms with Gasteiger partial charge in [-0.05, 0) is 105 Å². The average Bonchev–Trinajstić information content (AvgIpc) is 2.87. The van der Waals surface area contributed by atoms with E-state index >= 15 is 0 Å². The summed E-state index contributed by atoms with van der Waals surface area (Å²) in [6.07, 6.45) is 16.4. The zero-order valence-electron chi connectivity index (χ0n) is 22.2. The summed E-state index contributed by atoms with van der Waals surface area (Å²) in [5.74, 6) is 2.50. The van der Waals surface area contributed by atoms with Crippen LogP contribution in [0.25, 0.3) is 0 Å². The van der Waals surface area contributed by atoms with Crippen LogP contribution >= 0.6 is 0 Å². The third-order valence-corrected chi connectivity index (χ3v) is 9.27. The summed E-state index contributed by atoms with van der Waals surface area (Å²) in [4.78, 5) is 0. The number of alkyl halides is 4. The molecule has 0 radical (unpaired) electrons. The van der Waals surface area contributed by atoms with Gasteiger partial charge in [-0.15, -0.1) is 13.2 Å². The normalized spacial score (nSPS) is 30.8. The maximum absolute atomic E-state index is 12.5. The molecule has 0 aromatic heterocycles. The van der Waals surface area contributed by atoms with Crippen molar-refractivity contribution >= 4 is 0 Å². The van der Waals surface area contributed by atoms with E-state index in [1.165, 1.54) is 89.9 Å². The molecule has 3 aliphatic carbocycles. The van der Waals surface area contributed by atoms with Crippen LogP contribution in [-0.2, 0) is 0 Å². The van der Waals surface area contributed by atoms with Gasteiger partial charge in [-0.2, -0.15) is 0 Å². The van der Waals surface area contributed by atoms with Crippen LogP contribution in [0.15, 0.2) is 18.2 Å². The summed E-state index contributed by atoms with van der Waals surface area (Å²) < 4.78 is 75.1. The van der Waals surface area contributed by atoms with E-state index < -0.39 is 23.7 Å². The first-order valence-electron chi connectivity index (χ1n) is 14.4. The highest BCUT2D eigenvalue weighted by molar-refractivity contribution is 5.24. The molecule has 0 atom stereocenters. The van der Waals surface area contributed by atoms with Crippen LogP contribution in [0.5, 0.6) is 5.75 Å². The highest BCUT2D eigenvalue weighted by Gasteiger charge is 2.35. The van der Waals surface area contributed by atoms with Crippen LogP contribution in [0.1, 0.15) is 103 Å². The fraction of sp³-hybridized carbons (Fsp3) is 0.800. The fourth-order valence-electron chi connectivity index (χ4n) is 7.23. The SMILES string of the molecule is CCCC1CCC(C2CCC(C3CCC(CCF)CC3)CC2)CC1.Fc1ccc(OC(F)(F)F)c(F)c1. The Morgan fingerprint density at radius 3 is 1.51 bits per heavy atom. The highest BCUT2D eigenvalue weighted by Crippen LogP contribution is 2.46. The van der Waals surface area contributed by atoms with Gasteiger partial charge in [0.05, 0.1) is 6.67 Å². The Bertz CT molecular complexity index is 739. The Balaban J connectivity index is 0.000000248. The van der Waals surface area contributed by atoms with E-state index in [0.29, 0.717) is 24.1 Å². The summed E-state index contributed by atoms with van der Waals surface area (Å²) in [6.45, 7) is 2.25. The minimum atomic E-state index is -4.97. The van der Waals surface area contributed by atoms with Crippen molar-refractivity contribution in [3.63, 3.8) is 0 Å². The molecular weight excluding hydrogens is 490 g/mol. The number of hydrogen-bond acceptors (Lipinski definition) is 1. The molecule has 0 unspecified atom stereocenters. The Kier molecular flexibility index (Phi) is 12.0. The van der Waals surface area contributed by atoms with Crippen molar-refractivity contribution in [1.82, 2.24) is 0 Å². The summed E-state index contributed by atoms with van der Waals surface area (Å²) in [7, 11) is 0. The van der Waals surface area contributed by atoms with E-state index in [2.05, 4.69) is 11.7 Å². The second kappa shape index (κ2) is 14.7. The largest absolute Gasteiger partial charge is 0.573 e. The smallest absolute Gasteiger partial charge is 0.403 e. The standard InChI is InChI=1S/C23H41F.C7H3F5O/c1-2-3-18-4-8-20(9-5-18)22-12-14-23(15-13-22)21-10-6-19(7-11-21)16-17-24;8-4-1-2-6(5(9)3-4)13-7(10,11)12/h18-23H,2-17H2,1H3;1-3H. The van der Waals surface area contributed by atoms with Gasteiger partial charge in [-0.3, -0.25) is 4.39 Å². The van der Waals surface area contributed by atoms with Crippen molar-refractivity contribution in [3.8, 4) is 5.75 Å². The van der Waals surface area contributed by atoms with Gasteiger partial charge in [-0.1, -0.05) is 45.4 Å². The van der Waals surface area contributed by atoms with Crippen molar-refractivity contribution in [2.45, 2.75) is 110 Å². The lowest BCUT2D eigenvalue weighted by molar-refractivity contribution is -0.275. The van der Waals surface area contributed by atoms with E-state index in [0.717, 1.165) is 36.0 Å². The monoisotopic (exact) mass is 534 g/mol. The quantitative estimate of drug-likeness (QED) is 0.316. The van der Waals surface area contributed by atoms with Gasteiger partial charge >= 0.3 is 6.36 Å². The number of rotatable bonds is 7. The van der Waals surface area contributed by atoms with E-state index in [-0.39, 0.29) is 6.67 Å². The predicted molar refractivity (Wildman–Crippen MR) is 135 cm³/mol. The molecule has 0 saturated heterocycles. The molecule has 212 valence electrons. The van der Waals surface area contributed by atoms with Crippen LogP contribution in [0.3, 0.4) is 0 Å². The molecule has 0 N–H and O–H groups in total. The molecule has 1 nitrogen and oxygen atoms in total. The van der Waals surface area contributed by atoms with Gasteiger partial charge in [-0.25, -0.2) is 8.78 Å². The lowest BCUT2D eigenvalue weighted by Crippen LogP contribution is -2.29. The minimum Gasteiger partial charge on any atom is -0.403 e. The molecule has 0 spiro atoms. The molecule has 3 saturated carbocycles. The number of halogens is 6. The number of benzene rings is 1. The van der Waals surface area contributed by atoms with Crippen molar-refractivity contribution in [2.24, 2.45) is 35.5 Å². The van der Waals surface area contributed by atoms with Gasteiger partial charge in [0.15, 0.2) is 11.6 Å². The third-order valence-electron chi connectivity index (χ3n) is 9.27. The summed E-state index contributed by atoms with van der Waals surface area (Å²) in [5, 5.41) is 0. The van der Waals surface area contributed by atoms with Crippen molar-refractivity contribution in [3.05, 3.63) is 29.8 Å². The van der Waals surface area contributed by atoms with Crippen molar-refractivity contribution in [2.75, 3.05) is 6.67 Å². The van der Waals surface area contributed by atoms with E-state index in [1.54, 1.807) is 0 Å². The Morgan fingerprint density at radius 2 is 1.14 bits per heavy atom. The van der Waals surface area contributed by atoms with Gasteiger partial charge in [0.2, 0.25) is 0 Å². The van der Waals surface area contributed by atoms with Crippen LogP contribution in [0.2, 0.25) is 0 Å². The van der Waals surface area contributed by atoms with Crippen molar-refractivity contribution in [1.29, 1.82) is 0 Å². The first kappa shape index (κ1) is 30.1. The molecular formula is C30H44F6O. The molecule has 0 amide bonds. The van der Waals surface area contributed by atoms with E-state index in [4.69, 9.17) is 0 Å². The van der Waals surface area contributed by atoms with Crippen molar-refractivity contribution < 1.29 is 31.1 Å². The zero-order valence-corrected chi connectivity index (χ0v) is 22.2. The first-order valence-corrected chi connectivity index (χ1v) is 14.4. The van der Waals surface area contributed by atoms with Gasteiger partial charge < -0.3 is 4.74 Å². The number of hydrogen-bond donors (Lipinski definition) is 0. The molecule has 7 heteroatoms. The topological polar surface area (TPSA) is 9.23 Å². The maximum atomic E-state index is 12.5.